The monoisotopic (exact) mass is 371 g/mol. The van der Waals surface area contributed by atoms with Crippen LogP contribution in [0.5, 0.6) is 0 Å². The molecule has 0 N–H and O–H groups in total. The molecule has 1 atom stereocenters. The molecule has 2 aliphatic heterocycles. The molecule has 8 heteroatoms. The molecule has 1 aromatic rings. The van der Waals surface area contributed by atoms with E-state index in [1.165, 1.54) is 4.31 Å². The zero-order valence-corrected chi connectivity index (χ0v) is 16.0. The van der Waals surface area contributed by atoms with Crippen molar-refractivity contribution in [3.05, 3.63) is 24.0 Å². The summed E-state index contributed by atoms with van der Waals surface area (Å²) < 4.78 is 41.3. The Balaban J connectivity index is 1.56. The van der Waals surface area contributed by atoms with Gasteiger partial charge in [-0.3, -0.25) is 0 Å². The predicted octanol–water partition coefficient (Wildman–Crippen LogP) is 1.48. The van der Waals surface area contributed by atoms with Gasteiger partial charge in [-0.05, 0) is 37.3 Å². The second-order valence-corrected chi connectivity index (χ2v) is 9.21. The van der Waals surface area contributed by atoms with Gasteiger partial charge < -0.3 is 14.0 Å². The first kappa shape index (κ1) is 18.8. The van der Waals surface area contributed by atoms with E-state index < -0.39 is 10.2 Å². The number of hydrogen-bond donors (Lipinski definition) is 0. The molecule has 0 radical (unpaired) electrons. The van der Waals surface area contributed by atoms with Crippen LogP contribution >= 0.6 is 0 Å². The van der Waals surface area contributed by atoms with Gasteiger partial charge in [-0.25, -0.2) is 0 Å². The van der Waals surface area contributed by atoms with Crippen LogP contribution in [0, 0.1) is 5.92 Å². The largest absolute Gasteiger partial charge is 0.381 e. The van der Waals surface area contributed by atoms with Crippen LogP contribution in [-0.2, 0) is 26.2 Å². The smallest absolute Gasteiger partial charge is 0.281 e. The molecule has 2 aliphatic rings. The minimum absolute atomic E-state index is 0.114. The molecule has 0 bridgehead atoms. The summed E-state index contributed by atoms with van der Waals surface area (Å²) in [7, 11) is -0.246. The van der Waals surface area contributed by atoms with Crippen molar-refractivity contribution in [3.8, 4) is 0 Å². The van der Waals surface area contributed by atoms with Crippen LogP contribution in [0.4, 0.5) is 0 Å². The van der Waals surface area contributed by atoms with Gasteiger partial charge in [0.05, 0.1) is 6.54 Å². The van der Waals surface area contributed by atoms with Crippen molar-refractivity contribution in [1.29, 1.82) is 0 Å². The molecule has 0 saturated carbocycles. The van der Waals surface area contributed by atoms with Gasteiger partial charge in [-0.1, -0.05) is 0 Å². The summed E-state index contributed by atoms with van der Waals surface area (Å²) in [5, 5.41) is 0. The fourth-order valence-electron chi connectivity index (χ4n) is 3.51. The topological polar surface area (TPSA) is 64.0 Å². The summed E-state index contributed by atoms with van der Waals surface area (Å²) >= 11 is 0. The number of aromatic nitrogens is 1. The molecular formula is C17H29N3O4S. The van der Waals surface area contributed by atoms with Gasteiger partial charge in [0.1, 0.15) is 0 Å². The Hall–Kier alpha value is -0.930. The Labute approximate surface area is 150 Å². The zero-order chi connectivity index (χ0) is 17.9. The van der Waals surface area contributed by atoms with Crippen molar-refractivity contribution in [2.24, 2.45) is 5.92 Å². The fraction of sp³-hybridized carbons (Fsp3) is 0.765. The minimum atomic E-state index is -3.40. The number of fused-ring (bicyclic) bond motifs is 1. The van der Waals surface area contributed by atoms with Gasteiger partial charge in [0.2, 0.25) is 0 Å². The first-order valence-electron chi connectivity index (χ1n) is 8.97. The van der Waals surface area contributed by atoms with E-state index in [-0.39, 0.29) is 6.04 Å². The number of ether oxygens (including phenoxy) is 2. The normalized spacial score (nSPS) is 23.1. The van der Waals surface area contributed by atoms with Gasteiger partial charge in [0.15, 0.2) is 0 Å². The van der Waals surface area contributed by atoms with Crippen molar-refractivity contribution in [2.45, 2.75) is 31.8 Å². The maximum atomic E-state index is 12.5. The number of hydrogen-bond acceptors (Lipinski definition) is 4. The third kappa shape index (κ3) is 4.43. The number of nitrogens with zero attached hydrogens (tertiary/aromatic N) is 3. The second-order valence-electron chi connectivity index (χ2n) is 7.06. The highest BCUT2D eigenvalue weighted by Crippen LogP contribution is 2.27. The molecule has 0 amide bonds. The summed E-state index contributed by atoms with van der Waals surface area (Å²) in [5.41, 5.74) is 1.03. The Morgan fingerprint density at radius 1 is 1.32 bits per heavy atom. The Morgan fingerprint density at radius 3 is 2.80 bits per heavy atom. The molecule has 0 aliphatic carbocycles. The summed E-state index contributed by atoms with van der Waals surface area (Å²) in [4.78, 5) is 0. The van der Waals surface area contributed by atoms with Gasteiger partial charge >= 0.3 is 0 Å². The van der Waals surface area contributed by atoms with E-state index >= 15 is 0 Å². The molecule has 3 heterocycles. The molecule has 7 nitrogen and oxygen atoms in total. The van der Waals surface area contributed by atoms with E-state index in [0.29, 0.717) is 25.6 Å². The van der Waals surface area contributed by atoms with Crippen LogP contribution < -0.4 is 0 Å². The molecule has 142 valence electrons. The molecule has 1 saturated heterocycles. The van der Waals surface area contributed by atoms with Crippen LogP contribution in [0.15, 0.2) is 18.3 Å². The Morgan fingerprint density at radius 2 is 2.08 bits per heavy atom. The molecule has 1 aromatic heterocycles. The molecule has 0 spiro atoms. The van der Waals surface area contributed by atoms with E-state index in [1.807, 2.05) is 18.3 Å². The summed E-state index contributed by atoms with van der Waals surface area (Å²) in [6, 6.07) is 4.09. The standard InChI is InChI=1S/C17H29N3O4S/c1-18(2)25(21,22)19-12-16-4-3-8-20(16)17(13-19)7-11-24-14-15-5-9-23-10-6-15/h3-4,8,15,17H,5-7,9-14H2,1-2H3/t17-/m0/s1. The highest BCUT2D eigenvalue weighted by Gasteiger charge is 2.33. The molecule has 3 rings (SSSR count). The van der Waals surface area contributed by atoms with Crippen molar-refractivity contribution in [3.63, 3.8) is 0 Å². The third-order valence-corrected chi connectivity index (χ3v) is 6.94. The van der Waals surface area contributed by atoms with Gasteiger partial charge in [-0.2, -0.15) is 17.0 Å². The van der Waals surface area contributed by atoms with Crippen LogP contribution in [0.3, 0.4) is 0 Å². The molecule has 0 aromatic carbocycles. The van der Waals surface area contributed by atoms with E-state index in [2.05, 4.69) is 4.57 Å². The molecule has 0 unspecified atom stereocenters. The second kappa shape index (κ2) is 8.18. The lowest BCUT2D eigenvalue weighted by Crippen LogP contribution is -2.45. The molecule has 1 fully saturated rings. The van der Waals surface area contributed by atoms with Gasteiger partial charge in [0, 0.05) is 65.0 Å². The maximum absolute atomic E-state index is 12.5. The van der Waals surface area contributed by atoms with Crippen LogP contribution in [0.2, 0.25) is 0 Å². The lowest BCUT2D eigenvalue weighted by Gasteiger charge is -2.35. The lowest BCUT2D eigenvalue weighted by atomic mass is 10.0. The van der Waals surface area contributed by atoms with Gasteiger partial charge in [0.25, 0.3) is 10.2 Å². The molecule has 25 heavy (non-hydrogen) atoms. The predicted molar refractivity (Wildman–Crippen MR) is 95.5 cm³/mol. The highest BCUT2D eigenvalue weighted by molar-refractivity contribution is 7.86. The molecular weight excluding hydrogens is 342 g/mol. The Bertz CT molecular complexity index is 653. The third-order valence-electron chi connectivity index (χ3n) is 5.09. The maximum Gasteiger partial charge on any atom is 0.281 e. The van der Waals surface area contributed by atoms with Crippen molar-refractivity contribution < 1.29 is 17.9 Å². The summed E-state index contributed by atoms with van der Waals surface area (Å²) in [6.45, 7) is 4.00. The highest BCUT2D eigenvalue weighted by atomic mass is 32.2. The lowest BCUT2D eigenvalue weighted by molar-refractivity contribution is 0.0171. The number of rotatable bonds is 7. The average Bonchev–Trinajstić information content (AvgIpc) is 3.08. The minimum Gasteiger partial charge on any atom is -0.381 e. The fourth-order valence-corrected chi connectivity index (χ4v) is 4.62. The summed E-state index contributed by atoms with van der Waals surface area (Å²) in [6.07, 6.45) is 4.99. The van der Waals surface area contributed by atoms with E-state index in [1.54, 1.807) is 18.4 Å². The summed E-state index contributed by atoms with van der Waals surface area (Å²) in [5.74, 6) is 0.591. The quantitative estimate of drug-likeness (QED) is 0.681. The van der Waals surface area contributed by atoms with Crippen molar-refractivity contribution in [1.82, 2.24) is 13.2 Å². The van der Waals surface area contributed by atoms with Crippen LogP contribution in [0.25, 0.3) is 0 Å². The van der Waals surface area contributed by atoms with E-state index in [9.17, 15) is 8.42 Å². The van der Waals surface area contributed by atoms with Gasteiger partial charge in [-0.15, -0.1) is 0 Å². The first-order valence-corrected chi connectivity index (χ1v) is 10.4. The first-order chi connectivity index (χ1) is 12.0. The SMILES string of the molecule is CN(C)S(=O)(=O)N1Cc2cccn2[C@@H](CCOCC2CCOCC2)C1. The van der Waals surface area contributed by atoms with E-state index in [0.717, 1.165) is 44.8 Å². The zero-order valence-electron chi connectivity index (χ0n) is 15.1. The Kier molecular flexibility index (Phi) is 6.17. The van der Waals surface area contributed by atoms with Crippen molar-refractivity contribution in [2.75, 3.05) is 47.1 Å². The van der Waals surface area contributed by atoms with Crippen LogP contribution in [-0.4, -0.2) is 68.7 Å². The van der Waals surface area contributed by atoms with E-state index in [4.69, 9.17) is 9.47 Å². The average molecular weight is 372 g/mol. The van der Waals surface area contributed by atoms with Crippen molar-refractivity contribution >= 4 is 10.2 Å². The van der Waals surface area contributed by atoms with Crippen LogP contribution in [0.1, 0.15) is 31.0 Å².